The van der Waals surface area contributed by atoms with E-state index < -0.39 is 0 Å². The van der Waals surface area contributed by atoms with Crippen LogP contribution in [-0.2, 0) is 13.6 Å². The number of aryl methyl sites for hydroxylation is 2. The lowest BCUT2D eigenvalue weighted by Crippen LogP contribution is -2.27. The van der Waals surface area contributed by atoms with Gasteiger partial charge in [0.15, 0.2) is 0 Å². The molecule has 0 bridgehead atoms. The van der Waals surface area contributed by atoms with Gasteiger partial charge in [-0.1, -0.05) is 36.4 Å². The number of hydrogen-bond acceptors (Lipinski definition) is 3. The minimum Gasteiger partial charge on any atom is -0.345 e. The van der Waals surface area contributed by atoms with Crippen molar-refractivity contribution in [2.75, 3.05) is 7.05 Å². The Hall–Kier alpha value is -3.44. The topological polar surface area (TPSA) is 59.0 Å². The summed E-state index contributed by atoms with van der Waals surface area (Å²) in [5, 5.41) is 13.0. The van der Waals surface area contributed by atoms with Crippen molar-refractivity contribution in [1.29, 1.82) is 0 Å². The number of carbonyl (C=O) groups excluding carboxylic acids is 1. The lowest BCUT2D eigenvalue weighted by atomic mass is 9.94. The number of nitrogens with zero attached hydrogens (tertiary/aromatic N) is 2. The van der Waals surface area contributed by atoms with Gasteiger partial charge in [0.2, 0.25) is 0 Å². The van der Waals surface area contributed by atoms with Gasteiger partial charge in [-0.2, -0.15) is 5.10 Å². The summed E-state index contributed by atoms with van der Waals surface area (Å²) in [6.45, 7) is 4.74. The second kappa shape index (κ2) is 8.74. The van der Waals surface area contributed by atoms with Gasteiger partial charge in [0.05, 0.1) is 12.2 Å². The smallest absolute Gasteiger partial charge is 0.252 e. The quantitative estimate of drug-likeness (QED) is 0.480. The Balaban J connectivity index is 1.70. The van der Waals surface area contributed by atoms with Crippen LogP contribution in [0.25, 0.3) is 21.9 Å². The Morgan fingerprint density at radius 3 is 2.65 bits per heavy atom. The number of rotatable bonds is 6. The van der Waals surface area contributed by atoms with E-state index in [-0.39, 0.29) is 11.9 Å². The highest BCUT2D eigenvalue weighted by molar-refractivity contribution is 5.97. The predicted octanol–water partition coefficient (Wildman–Crippen LogP) is 4.76. The number of amides is 1. The second-order valence-electron chi connectivity index (χ2n) is 8.06. The van der Waals surface area contributed by atoms with Gasteiger partial charge in [0.1, 0.15) is 0 Å². The molecule has 0 saturated carbocycles. The molecule has 31 heavy (non-hydrogen) atoms. The van der Waals surface area contributed by atoms with Gasteiger partial charge in [-0.05, 0) is 72.1 Å². The third-order valence-corrected chi connectivity index (χ3v) is 5.67. The van der Waals surface area contributed by atoms with Crippen molar-refractivity contribution in [3.63, 3.8) is 0 Å². The summed E-state index contributed by atoms with van der Waals surface area (Å²) in [5.41, 5.74) is 6.02. The molecule has 0 aliphatic heterocycles. The van der Waals surface area contributed by atoms with Gasteiger partial charge >= 0.3 is 0 Å². The second-order valence-corrected chi connectivity index (χ2v) is 8.06. The highest BCUT2D eigenvalue weighted by Crippen LogP contribution is 2.31. The minimum absolute atomic E-state index is 0.0567. The van der Waals surface area contributed by atoms with Gasteiger partial charge in [-0.3, -0.25) is 9.48 Å². The minimum atomic E-state index is -0.152. The Morgan fingerprint density at radius 2 is 1.90 bits per heavy atom. The number of nitrogens with one attached hydrogen (secondary N) is 2. The van der Waals surface area contributed by atoms with Crippen LogP contribution in [0.3, 0.4) is 0 Å². The first-order valence-electron chi connectivity index (χ1n) is 10.5. The fourth-order valence-corrected chi connectivity index (χ4v) is 4.02. The van der Waals surface area contributed by atoms with E-state index in [1.165, 1.54) is 0 Å². The molecule has 0 saturated heterocycles. The first kappa shape index (κ1) is 20.8. The molecule has 0 aliphatic rings. The molecule has 2 N–H and O–H groups in total. The standard InChI is InChI=1S/C26H28N4O/c1-17-9-10-19(14-27-3)11-24(17)26(31)29-18(2)25-13-21(22-15-28-30(4)16-22)12-20-7-5-6-8-23(20)25/h5-13,15-16,18,27H,14H2,1-4H3,(H,29,31). The lowest BCUT2D eigenvalue weighted by molar-refractivity contribution is 0.0939. The number of fused-ring (bicyclic) bond motifs is 1. The van der Waals surface area contributed by atoms with Gasteiger partial charge in [0, 0.05) is 30.9 Å². The predicted molar refractivity (Wildman–Crippen MR) is 126 cm³/mol. The zero-order valence-electron chi connectivity index (χ0n) is 18.4. The third kappa shape index (κ3) is 4.37. The van der Waals surface area contributed by atoms with Crippen LogP contribution in [0, 0.1) is 6.92 Å². The monoisotopic (exact) mass is 412 g/mol. The van der Waals surface area contributed by atoms with E-state index in [9.17, 15) is 4.79 Å². The van der Waals surface area contributed by atoms with E-state index >= 15 is 0 Å². The molecule has 4 rings (SSSR count). The Bertz CT molecular complexity index is 1240. The maximum Gasteiger partial charge on any atom is 0.252 e. The van der Waals surface area contributed by atoms with Crippen molar-refractivity contribution >= 4 is 16.7 Å². The van der Waals surface area contributed by atoms with Crippen LogP contribution in [0.4, 0.5) is 0 Å². The molecule has 1 aromatic heterocycles. The van der Waals surface area contributed by atoms with E-state index in [1.54, 1.807) is 4.68 Å². The number of benzene rings is 3. The van der Waals surface area contributed by atoms with E-state index in [4.69, 9.17) is 0 Å². The molecule has 158 valence electrons. The van der Waals surface area contributed by atoms with Crippen molar-refractivity contribution in [2.24, 2.45) is 7.05 Å². The first-order chi connectivity index (χ1) is 15.0. The van der Waals surface area contributed by atoms with Crippen LogP contribution in [0.1, 0.15) is 40.0 Å². The maximum absolute atomic E-state index is 13.2. The SMILES string of the molecule is CNCc1ccc(C)c(C(=O)NC(C)c2cc(-c3cnn(C)c3)cc3ccccc23)c1. The normalized spacial score (nSPS) is 12.1. The van der Waals surface area contributed by atoms with Crippen molar-refractivity contribution in [1.82, 2.24) is 20.4 Å². The number of carbonyl (C=O) groups is 1. The van der Waals surface area contributed by atoms with Crippen LogP contribution in [0.15, 0.2) is 67.0 Å². The molecular weight excluding hydrogens is 384 g/mol. The highest BCUT2D eigenvalue weighted by atomic mass is 16.1. The van der Waals surface area contributed by atoms with Crippen molar-refractivity contribution in [3.8, 4) is 11.1 Å². The molecule has 0 aliphatic carbocycles. The van der Waals surface area contributed by atoms with Crippen LogP contribution in [0.5, 0.6) is 0 Å². The average Bonchev–Trinajstić information content (AvgIpc) is 3.20. The molecule has 1 unspecified atom stereocenters. The Morgan fingerprint density at radius 1 is 1.10 bits per heavy atom. The number of hydrogen-bond donors (Lipinski definition) is 2. The zero-order chi connectivity index (χ0) is 22.0. The van der Waals surface area contributed by atoms with Gasteiger partial charge < -0.3 is 10.6 Å². The summed E-state index contributed by atoms with van der Waals surface area (Å²) in [6, 6.07) is 18.5. The average molecular weight is 413 g/mol. The third-order valence-electron chi connectivity index (χ3n) is 5.67. The molecule has 5 heteroatoms. The largest absolute Gasteiger partial charge is 0.345 e. The summed E-state index contributed by atoms with van der Waals surface area (Å²) < 4.78 is 1.80. The molecule has 1 heterocycles. The summed E-state index contributed by atoms with van der Waals surface area (Å²) in [4.78, 5) is 13.2. The fraction of sp³-hybridized carbons (Fsp3) is 0.231. The molecule has 0 fully saturated rings. The van der Waals surface area contributed by atoms with Gasteiger partial charge in [-0.25, -0.2) is 0 Å². The van der Waals surface area contributed by atoms with E-state index in [1.807, 2.05) is 64.6 Å². The summed E-state index contributed by atoms with van der Waals surface area (Å²) >= 11 is 0. The molecule has 4 aromatic rings. The van der Waals surface area contributed by atoms with Crippen LogP contribution in [-0.4, -0.2) is 22.7 Å². The van der Waals surface area contributed by atoms with Crippen LogP contribution < -0.4 is 10.6 Å². The first-order valence-corrected chi connectivity index (χ1v) is 10.5. The van der Waals surface area contributed by atoms with Crippen molar-refractivity contribution < 1.29 is 4.79 Å². The van der Waals surface area contributed by atoms with E-state index in [2.05, 4.69) is 46.1 Å². The summed E-state index contributed by atoms with van der Waals surface area (Å²) in [5.74, 6) is -0.0567. The number of aromatic nitrogens is 2. The Kier molecular flexibility index (Phi) is 5.87. The molecule has 1 amide bonds. The maximum atomic E-state index is 13.2. The van der Waals surface area contributed by atoms with Crippen molar-refractivity contribution in [3.05, 3.63) is 89.2 Å². The summed E-state index contributed by atoms with van der Waals surface area (Å²) in [7, 11) is 3.82. The van der Waals surface area contributed by atoms with Crippen molar-refractivity contribution in [2.45, 2.75) is 26.4 Å². The van der Waals surface area contributed by atoms with Gasteiger partial charge in [-0.15, -0.1) is 0 Å². The van der Waals surface area contributed by atoms with Crippen LogP contribution >= 0.6 is 0 Å². The molecule has 5 nitrogen and oxygen atoms in total. The van der Waals surface area contributed by atoms with Gasteiger partial charge in [0.25, 0.3) is 5.91 Å². The Labute approximate surface area is 183 Å². The molecule has 0 radical (unpaired) electrons. The molecular formula is C26H28N4O. The lowest BCUT2D eigenvalue weighted by Gasteiger charge is -2.19. The molecule has 1 atom stereocenters. The van der Waals surface area contributed by atoms with Crippen LogP contribution in [0.2, 0.25) is 0 Å². The molecule has 3 aromatic carbocycles. The van der Waals surface area contributed by atoms with E-state index in [0.29, 0.717) is 5.56 Å². The highest BCUT2D eigenvalue weighted by Gasteiger charge is 2.17. The zero-order valence-corrected chi connectivity index (χ0v) is 18.4. The van der Waals surface area contributed by atoms with E-state index in [0.717, 1.165) is 45.1 Å². The summed E-state index contributed by atoms with van der Waals surface area (Å²) in [6.07, 6.45) is 3.88. The molecule has 0 spiro atoms. The fourth-order valence-electron chi connectivity index (χ4n) is 4.02.